The second kappa shape index (κ2) is 5.90. The Labute approximate surface area is 143 Å². The molecule has 24 heavy (non-hydrogen) atoms. The Morgan fingerprint density at radius 1 is 1.17 bits per heavy atom. The lowest BCUT2D eigenvalue weighted by Crippen LogP contribution is -2.35. The summed E-state index contributed by atoms with van der Waals surface area (Å²) >= 11 is 4.97. The van der Waals surface area contributed by atoms with Gasteiger partial charge < -0.3 is 14.6 Å². The molecule has 6 nitrogen and oxygen atoms in total. The predicted octanol–water partition coefficient (Wildman–Crippen LogP) is 2.76. The first-order valence-electron chi connectivity index (χ1n) is 8.07. The number of H-pyrrole nitrogens is 2. The zero-order valence-corrected chi connectivity index (χ0v) is 13.9. The topological polar surface area (TPSA) is 78.2 Å². The van der Waals surface area contributed by atoms with E-state index in [9.17, 15) is 9.59 Å². The van der Waals surface area contributed by atoms with Crippen molar-refractivity contribution in [2.45, 2.75) is 25.7 Å². The van der Waals surface area contributed by atoms with Crippen molar-refractivity contribution in [3.8, 4) is 11.6 Å². The van der Waals surface area contributed by atoms with E-state index in [1.807, 2.05) is 11.0 Å². The van der Waals surface area contributed by atoms with E-state index < -0.39 is 0 Å². The molecule has 7 heteroatoms. The van der Waals surface area contributed by atoms with Crippen molar-refractivity contribution in [1.29, 1.82) is 0 Å². The molecule has 0 bridgehead atoms. The van der Waals surface area contributed by atoms with Gasteiger partial charge in [0.15, 0.2) is 4.77 Å². The van der Waals surface area contributed by atoms with Crippen molar-refractivity contribution >= 4 is 18.1 Å². The maximum atomic E-state index is 12.6. The molecule has 4 rings (SSSR count). The number of benzene rings is 1. The highest BCUT2D eigenvalue weighted by Gasteiger charge is 2.24. The molecule has 2 aromatic rings. The van der Waals surface area contributed by atoms with Crippen molar-refractivity contribution in [2.75, 3.05) is 13.1 Å². The van der Waals surface area contributed by atoms with Gasteiger partial charge in [0.05, 0.1) is 5.56 Å². The summed E-state index contributed by atoms with van der Waals surface area (Å²) in [7, 11) is 0. The minimum absolute atomic E-state index is 0.0460. The largest absolute Gasteiger partial charge is 0.440 e. The summed E-state index contributed by atoms with van der Waals surface area (Å²) < 4.78 is 5.99. The van der Waals surface area contributed by atoms with Gasteiger partial charge in [-0.05, 0) is 49.7 Å². The predicted molar refractivity (Wildman–Crippen MR) is 91.3 cm³/mol. The number of fused-ring (bicyclic) bond motifs is 2. The van der Waals surface area contributed by atoms with Crippen LogP contribution in [0.1, 0.15) is 40.7 Å². The molecule has 0 aliphatic carbocycles. The van der Waals surface area contributed by atoms with Crippen LogP contribution in [0.5, 0.6) is 11.6 Å². The van der Waals surface area contributed by atoms with E-state index >= 15 is 0 Å². The van der Waals surface area contributed by atoms with Gasteiger partial charge in [-0.2, -0.15) is 0 Å². The molecule has 1 amide bonds. The maximum absolute atomic E-state index is 12.6. The average molecular weight is 343 g/mol. The van der Waals surface area contributed by atoms with Crippen LogP contribution in [-0.4, -0.2) is 33.9 Å². The molecule has 1 aromatic carbocycles. The highest BCUT2D eigenvalue weighted by molar-refractivity contribution is 7.71. The quantitative estimate of drug-likeness (QED) is 0.666. The molecule has 2 aliphatic heterocycles. The number of hydrogen-bond acceptors (Lipinski definition) is 4. The van der Waals surface area contributed by atoms with Crippen LogP contribution < -0.4 is 10.3 Å². The maximum Gasteiger partial charge on any atom is 0.259 e. The Kier molecular flexibility index (Phi) is 3.72. The summed E-state index contributed by atoms with van der Waals surface area (Å²) in [4.78, 5) is 32.0. The molecule has 124 valence electrons. The van der Waals surface area contributed by atoms with Crippen LogP contribution in [0.2, 0.25) is 0 Å². The second-order valence-electron chi connectivity index (χ2n) is 6.17. The zero-order valence-electron chi connectivity index (χ0n) is 13.1. The molecule has 3 heterocycles. The van der Waals surface area contributed by atoms with Gasteiger partial charge in [0.2, 0.25) is 5.88 Å². The number of hydrogen-bond donors (Lipinski definition) is 2. The Balaban J connectivity index is 1.66. The lowest BCUT2D eigenvalue weighted by Gasteiger charge is -2.27. The van der Waals surface area contributed by atoms with Crippen LogP contribution >= 0.6 is 12.2 Å². The molecular weight excluding hydrogens is 326 g/mol. The van der Waals surface area contributed by atoms with Crippen molar-refractivity contribution in [1.82, 2.24) is 14.9 Å². The van der Waals surface area contributed by atoms with Gasteiger partial charge in [0.25, 0.3) is 11.5 Å². The lowest BCUT2D eigenvalue weighted by molar-refractivity contribution is 0.0724. The first-order valence-corrected chi connectivity index (χ1v) is 8.48. The third-order valence-corrected chi connectivity index (χ3v) is 4.74. The Morgan fingerprint density at radius 3 is 2.75 bits per heavy atom. The number of piperidine rings is 1. The van der Waals surface area contributed by atoms with Crippen LogP contribution in [0.4, 0.5) is 0 Å². The van der Waals surface area contributed by atoms with Gasteiger partial charge in [0.1, 0.15) is 5.75 Å². The summed E-state index contributed by atoms with van der Waals surface area (Å²) in [5.74, 6) is 1.07. The van der Waals surface area contributed by atoms with E-state index in [0.29, 0.717) is 29.2 Å². The fourth-order valence-electron chi connectivity index (χ4n) is 3.27. The number of carbonyl (C=O) groups is 1. The highest BCUT2D eigenvalue weighted by Crippen LogP contribution is 2.34. The van der Waals surface area contributed by atoms with E-state index in [1.54, 1.807) is 12.1 Å². The highest BCUT2D eigenvalue weighted by atomic mass is 32.1. The number of carbonyl (C=O) groups excluding carboxylic acids is 1. The van der Waals surface area contributed by atoms with Crippen LogP contribution in [-0.2, 0) is 6.42 Å². The number of nitrogens with one attached hydrogen (secondary N) is 2. The number of likely N-dealkylation sites (tertiary alicyclic amines) is 1. The first-order chi connectivity index (χ1) is 11.6. The minimum Gasteiger partial charge on any atom is -0.440 e. The van der Waals surface area contributed by atoms with Crippen molar-refractivity contribution in [2.24, 2.45) is 0 Å². The van der Waals surface area contributed by atoms with Crippen molar-refractivity contribution < 1.29 is 9.53 Å². The number of ether oxygens (including phenoxy) is 1. The summed E-state index contributed by atoms with van der Waals surface area (Å²) in [6.45, 7) is 1.62. The molecule has 0 radical (unpaired) electrons. The van der Waals surface area contributed by atoms with Crippen LogP contribution in [0, 0.1) is 4.77 Å². The number of nitrogens with zero attached hydrogens (tertiary/aromatic N) is 1. The van der Waals surface area contributed by atoms with E-state index in [-0.39, 0.29) is 16.2 Å². The first kappa shape index (κ1) is 15.1. The molecule has 1 saturated heterocycles. The second-order valence-corrected chi connectivity index (χ2v) is 6.58. The van der Waals surface area contributed by atoms with E-state index in [4.69, 9.17) is 17.0 Å². The van der Waals surface area contributed by atoms with Gasteiger partial charge >= 0.3 is 0 Å². The van der Waals surface area contributed by atoms with Crippen LogP contribution in [0.15, 0.2) is 23.0 Å². The summed E-state index contributed by atoms with van der Waals surface area (Å²) in [6, 6.07) is 5.40. The number of rotatable bonds is 1. The van der Waals surface area contributed by atoms with Crippen molar-refractivity contribution in [3.05, 3.63) is 50.0 Å². The summed E-state index contributed by atoms with van der Waals surface area (Å²) in [5.41, 5.74) is 1.72. The fourth-order valence-corrected chi connectivity index (χ4v) is 3.45. The third-order valence-electron chi connectivity index (χ3n) is 4.53. The monoisotopic (exact) mass is 343 g/mol. The van der Waals surface area contributed by atoms with E-state index in [2.05, 4.69) is 9.97 Å². The standard InChI is InChI=1S/C17H17N3O3S/c21-14-12-9-11-8-10(16(22)20-6-2-1-3-7-20)4-5-13(11)23-15(12)19-17(24)18-14/h4-5,8H,1-3,6-7,9H2,(H2,18,19,21,24). The normalized spacial score (nSPS) is 16.1. The summed E-state index contributed by atoms with van der Waals surface area (Å²) in [6.07, 6.45) is 3.71. The smallest absolute Gasteiger partial charge is 0.259 e. The average Bonchev–Trinajstić information content (AvgIpc) is 2.60. The molecule has 2 N–H and O–H groups in total. The molecule has 2 aliphatic rings. The molecule has 0 spiro atoms. The van der Waals surface area contributed by atoms with E-state index in [1.165, 1.54) is 6.42 Å². The SMILES string of the molecule is O=C(c1ccc2c(c1)Cc1c([nH]c(=S)[nH]c1=O)O2)N1CCCCC1. The van der Waals surface area contributed by atoms with Gasteiger partial charge in [-0.3, -0.25) is 14.6 Å². The number of aromatic nitrogens is 2. The Morgan fingerprint density at radius 2 is 1.96 bits per heavy atom. The molecule has 1 aromatic heterocycles. The number of amides is 1. The lowest BCUT2D eigenvalue weighted by atomic mass is 10.00. The molecule has 1 fully saturated rings. The molecule has 0 unspecified atom stereocenters. The fraction of sp³-hybridized carbons (Fsp3) is 0.353. The molecular formula is C17H17N3O3S. The van der Waals surface area contributed by atoms with Crippen LogP contribution in [0.3, 0.4) is 0 Å². The molecule has 0 saturated carbocycles. The van der Waals surface area contributed by atoms with E-state index in [0.717, 1.165) is 31.5 Å². The van der Waals surface area contributed by atoms with Crippen molar-refractivity contribution in [3.63, 3.8) is 0 Å². The van der Waals surface area contributed by atoms with Gasteiger partial charge in [-0.25, -0.2) is 0 Å². The van der Waals surface area contributed by atoms with Gasteiger partial charge in [-0.15, -0.1) is 0 Å². The van der Waals surface area contributed by atoms with Gasteiger partial charge in [-0.1, -0.05) is 0 Å². The molecule has 0 atom stereocenters. The minimum atomic E-state index is -0.257. The Hall–Kier alpha value is -2.41. The Bertz CT molecular complexity index is 925. The van der Waals surface area contributed by atoms with Crippen LogP contribution in [0.25, 0.3) is 0 Å². The zero-order chi connectivity index (χ0) is 16.7. The third kappa shape index (κ3) is 2.65. The summed E-state index contributed by atoms with van der Waals surface area (Å²) in [5, 5.41) is 0. The van der Waals surface area contributed by atoms with Gasteiger partial charge in [0, 0.05) is 30.6 Å². The number of aromatic amines is 2.